The molecule has 0 radical (unpaired) electrons. The van der Waals surface area contributed by atoms with E-state index in [0.29, 0.717) is 5.75 Å². The predicted molar refractivity (Wildman–Crippen MR) is 99.7 cm³/mol. The van der Waals surface area contributed by atoms with Crippen LogP contribution in [-0.4, -0.2) is 29.3 Å². The molecule has 0 saturated heterocycles. The normalized spacial score (nSPS) is 22.5. The van der Waals surface area contributed by atoms with Crippen molar-refractivity contribution < 1.29 is 24.5 Å². The summed E-state index contributed by atoms with van der Waals surface area (Å²) in [4.78, 5) is 22.6. The maximum absolute atomic E-state index is 11.5. The minimum absolute atomic E-state index is 0.0232. The Hall–Kier alpha value is -3.28. The van der Waals surface area contributed by atoms with Gasteiger partial charge in [0.25, 0.3) is 0 Å². The third-order valence-electron chi connectivity index (χ3n) is 5.42. The van der Waals surface area contributed by atoms with Crippen LogP contribution in [0.15, 0.2) is 48.6 Å². The van der Waals surface area contributed by atoms with Crippen molar-refractivity contribution in [1.82, 2.24) is 0 Å². The number of carbonyl (C=O) groups is 2. The van der Waals surface area contributed by atoms with E-state index < -0.39 is 11.9 Å². The Labute approximate surface area is 156 Å². The van der Waals surface area contributed by atoms with Gasteiger partial charge in [0.1, 0.15) is 5.75 Å². The molecule has 6 nitrogen and oxygen atoms in total. The van der Waals surface area contributed by atoms with Crippen LogP contribution in [0.1, 0.15) is 50.2 Å². The lowest BCUT2D eigenvalue weighted by atomic mass is 9.76. The van der Waals surface area contributed by atoms with Crippen LogP contribution in [-0.2, 0) is 0 Å². The fourth-order valence-electron chi connectivity index (χ4n) is 4.11. The molecule has 3 atom stereocenters. The minimum Gasteiger partial charge on any atom is -0.495 e. The highest BCUT2D eigenvalue weighted by molar-refractivity contribution is 5.90. The van der Waals surface area contributed by atoms with Gasteiger partial charge in [-0.15, -0.1) is 0 Å². The molecular weight excluding hydrogens is 346 g/mol. The fourth-order valence-corrected chi connectivity index (χ4v) is 4.11. The van der Waals surface area contributed by atoms with E-state index in [0.717, 1.165) is 23.2 Å². The molecule has 3 N–H and O–H groups in total. The molecule has 2 aromatic carbocycles. The smallest absolute Gasteiger partial charge is 0.335 e. The Morgan fingerprint density at radius 1 is 1.07 bits per heavy atom. The van der Waals surface area contributed by atoms with E-state index in [1.165, 1.54) is 13.2 Å². The average molecular weight is 365 g/mol. The average Bonchev–Trinajstić information content (AvgIpc) is 3.16. The number of benzene rings is 2. The number of nitrogens with one attached hydrogen (secondary N) is 1. The van der Waals surface area contributed by atoms with Crippen LogP contribution >= 0.6 is 0 Å². The number of rotatable bonds is 4. The van der Waals surface area contributed by atoms with Crippen molar-refractivity contribution in [3.05, 3.63) is 70.8 Å². The fraction of sp³-hybridized carbons (Fsp3) is 0.238. The van der Waals surface area contributed by atoms with Gasteiger partial charge in [0.05, 0.1) is 30.0 Å². The first-order chi connectivity index (χ1) is 13.0. The van der Waals surface area contributed by atoms with Gasteiger partial charge in [-0.1, -0.05) is 24.3 Å². The molecule has 27 heavy (non-hydrogen) atoms. The number of fused-ring (bicyclic) bond motifs is 3. The van der Waals surface area contributed by atoms with Crippen LogP contribution in [0.2, 0.25) is 0 Å². The number of methoxy groups -OCH3 is 1. The van der Waals surface area contributed by atoms with Gasteiger partial charge < -0.3 is 20.3 Å². The first-order valence-electron chi connectivity index (χ1n) is 8.71. The van der Waals surface area contributed by atoms with Gasteiger partial charge in [-0.25, -0.2) is 9.59 Å². The maximum Gasteiger partial charge on any atom is 0.335 e. The third-order valence-corrected chi connectivity index (χ3v) is 5.42. The Balaban J connectivity index is 1.79. The second kappa shape index (κ2) is 6.46. The van der Waals surface area contributed by atoms with Crippen LogP contribution in [0, 0.1) is 5.92 Å². The van der Waals surface area contributed by atoms with Gasteiger partial charge in [-0.05, 0) is 47.7 Å². The summed E-state index contributed by atoms with van der Waals surface area (Å²) in [6.45, 7) is 0. The highest BCUT2D eigenvalue weighted by Gasteiger charge is 2.39. The quantitative estimate of drug-likeness (QED) is 0.711. The van der Waals surface area contributed by atoms with Gasteiger partial charge in [-0.2, -0.15) is 0 Å². The monoisotopic (exact) mass is 365 g/mol. The van der Waals surface area contributed by atoms with Gasteiger partial charge in [0.15, 0.2) is 0 Å². The molecule has 2 aromatic rings. The van der Waals surface area contributed by atoms with Crippen molar-refractivity contribution in [3.63, 3.8) is 0 Å². The van der Waals surface area contributed by atoms with Crippen molar-refractivity contribution in [1.29, 1.82) is 0 Å². The van der Waals surface area contributed by atoms with Gasteiger partial charge in [-0.3, -0.25) is 0 Å². The molecule has 0 bridgehead atoms. The second-order valence-electron chi connectivity index (χ2n) is 6.85. The number of ether oxygens (including phenoxy) is 1. The standard InChI is InChI=1S/C21H19NO5/c1-27-17-10-13(21(25)26)9-16-14-3-2-4-15(14)18(22-19(16)17)11-5-7-12(8-6-11)20(23)24/h2-3,5-10,14-15,18,22H,4H2,1H3,(H,23,24)(H,25,26)/t14-,15-,18+/m0/s1. The zero-order chi connectivity index (χ0) is 19.1. The zero-order valence-corrected chi connectivity index (χ0v) is 14.7. The van der Waals surface area contributed by atoms with E-state index in [1.54, 1.807) is 18.2 Å². The summed E-state index contributed by atoms with van der Waals surface area (Å²) in [6.07, 6.45) is 5.10. The molecule has 1 aliphatic heterocycles. The number of carboxylic acids is 2. The Bertz CT molecular complexity index is 948. The zero-order valence-electron chi connectivity index (χ0n) is 14.7. The topological polar surface area (TPSA) is 95.9 Å². The third kappa shape index (κ3) is 2.83. The van der Waals surface area contributed by atoms with Gasteiger partial charge in [0.2, 0.25) is 0 Å². The lowest BCUT2D eigenvalue weighted by Crippen LogP contribution is -2.29. The highest BCUT2D eigenvalue weighted by atomic mass is 16.5. The lowest BCUT2D eigenvalue weighted by molar-refractivity contribution is 0.0685. The molecule has 138 valence electrons. The molecule has 1 aliphatic carbocycles. The molecule has 0 fully saturated rings. The molecule has 0 spiro atoms. The summed E-state index contributed by atoms with van der Waals surface area (Å²) < 4.78 is 5.46. The molecule has 0 amide bonds. The van der Waals surface area contributed by atoms with E-state index in [9.17, 15) is 14.7 Å². The Kier molecular flexibility index (Phi) is 4.11. The van der Waals surface area contributed by atoms with Gasteiger partial charge >= 0.3 is 11.9 Å². The Morgan fingerprint density at radius 3 is 2.41 bits per heavy atom. The minimum atomic E-state index is -0.985. The van der Waals surface area contributed by atoms with E-state index in [1.807, 2.05) is 12.1 Å². The molecule has 0 aromatic heterocycles. The van der Waals surface area contributed by atoms with Crippen LogP contribution < -0.4 is 10.1 Å². The number of hydrogen-bond acceptors (Lipinski definition) is 4. The summed E-state index contributed by atoms with van der Waals surface area (Å²) >= 11 is 0. The summed E-state index contributed by atoms with van der Waals surface area (Å²) in [7, 11) is 1.52. The number of anilines is 1. The molecule has 2 aliphatic rings. The molecule has 6 heteroatoms. The Morgan fingerprint density at radius 2 is 1.78 bits per heavy atom. The van der Waals surface area contributed by atoms with Crippen molar-refractivity contribution in [2.24, 2.45) is 5.92 Å². The summed E-state index contributed by atoms with van der Waals surface area (Å²) in [5.74, 6) is -1.14. The van der Waals surface area contributed by atoms with E-state index in [4.69, 9.17) is 9.84 Å². The lowest BCUT2D eigenvalue weighted by Gasteiger charge is -2.38. The van der Waals surface area contributed by atoms with Crippen molar-refractivity contribution in [2.75, 3.05) is 12.4 Å². The molecule has 0 saturated carbocycles. The van der Waals surface area contributed by atoms with Crippen molar-refractivity contribution >= 4 is 17.6 Å². The van der Waals surface area contributed by atoms with Crippen LogP contribution in [0.5, 0.6) is 5.75 Å². The highest BCUT2D eigenvalue weighted by Crippen LogP contribution is 2.52. The van der Waals surface area contributed by atoms with Crippen molar-refractivity contribution in [3.8, 4) is 5.75 Å². The van der Waals surface area contributed by atoms with E-state index in [-0.39, 0.29) is 29.0 Å². The first-order valence-corrected chi connectivity index (χ1v) is 8.71. The molecular formula is C21H19NO5. The second-order valence-corrected chi connectivity index (χ2v) is 6.85. The predicted octanol–water partition coefficient (Wildman–Crippen LogP) is 3.92. The van der Waals surface area contributed by atoms with Crippen LogP contribution in [0.4, 0.5) is 5.69 Å². The number of carboxylic acid groups (broad SMARTS) is 2. The van der Waals surface area contributed by atoms with Crippen LogP contribution in [0.25, 0.3) is 0 Å². The van der Waals surface area contributed by atoms with Crippen LogP contribution in [0.3, 0.4) is 0 Å². The number of aromatic carboxylic acids is 2. The van der Waals surface area contributed by atoms with Gasteiger partial charge in [0, 0.05) is 5.92 Å². The summed E-state index contributed by atoms with van der Waals surface area (Å²) in [6, 6.07) is 10.1. The van der Waals surface area contributed by atoms with E-state index >= 15 is 0 Å². The van der Waals surface area contributed by atoms with Crippen molar-refractivity contribution in [2.45, 2.75) is 18.4 Å². The first kappa shape index (κ1) is 17.1. The summed E-state index contributed by atoms with van der Waals surface area (Å²) in [5.41, 5.74) is 3.16. The molecule has 1 heterocycles. The molecule has 0 unspecified atom stereocenters. The molecule has 4 rings (SSSR count). The maximum atomic E-state index is 11.5. The summed E-state index contributed by atoms with van der Waals surface area (Å²) in [5, 5.41) is 22.0. The number of hydrogen-bond donors (Lipinski definition) is 3. The number of allylic oxidation sites excluding steroid dienone is 2. The SMILES string of the molecule is COc1cc(C(=O)O)cc2c1N[C@H](c1ccc(C(=O)O)cc1)[C@H]1CC=C[C@H]21. The van der Waals surface area contributed by atoms with E-state index in [2.05, 4.69) is 17.5 Å². The largest absolute Gasteiger partial charge is 0.495 e.